The van der Waals surface area contributed by atoms with E-state index in [4.69, 9.17) is 9.15 Å². The zero-order valence-corrected chi connectivity index (χ0v) is 15.7. The Labute approximate surface area is 148 Å². The molecule has 1 heterocycles. The summed E-state index contributed by atoms with van der Waals surface area (Å²) < 4.78 is 11.3. The maximum absolute atomic E-state index is 11.6. The van der Waals surface area contributed by atoms with Gasteiger partial charge in [-0.15, -0.1) is 0 Å². The van der Waals surface area contributed by atoms with Crippen molar-refractivity contribution in [1.82, 2.24) is 0 Å². The van der Waals surface area contributed by atoms with Crippen molar-refractivity contribution in [2.75, 3.05) is 0 Å². The Kier molecular flexibility index (Phi) is 4.42. The molecule has 0 unspecified atom stereocenters. The van der Waals surface area contributed by atoms with Gasteiger partial charge in [-0.2, -0.15) is 0 Å². The van der Waals surface area contributed by atoms with Crippen LogP contribution in [-0.2, 0) is 6.61 Å². The van der Waals surface area contributed by atoms with Gasteiger partial charge in [0.05, 0.1) is 0 Å². The minimum atomic E-state index is -0.335. The summed E-state index contributed by atoms with van der Waals surface area (Å²) in [5, 5.41) is 0.932. The second kappa shape index (κ2) is 6.40. The van der Waals surface area contributed by atoms with Crippen molar-refractivity contribution in [2.24, 2.45) is 0 Å². The van der Waals surface area contributed by atoms with Crippen LogP contribution in [0.4, 0.5) is 0 Å². The van der Waals surface area contributed by atoms with Gasteiger partial charge in [0, 0.05) is 17.5 Å². The number of rotatable bonds is 3. The molecule has 3 nitrogen and oxygen atoms in total. The summed E-state index contributed by atoms with van der Waals surface area (Å²) in [6.45, 7) is 13.2. The molecule has 0 N–H and O–H groups in total. The highest BCUT2D eigenvalue weighted by molar-refractivity contribution is 5.81. The van der Waals surface area contributed by atoms with Crippen LogP contribution < -0.4 is 10.4 Å². The molecule has 3 rings (SSSR count). The number of ether oxygens (including phenoxy) is 1. The van der Waals surface area contributed by atoms with Crippen LogP contribution in [0.25, 0.3) is 11.0 Å². The van der Waals surface area contributed by atoms with Crippen LogP contribution in [0.1, 0.15) is 38.9 Å². The van der Waals surface area contributed by atoms with E-state index in [1.54, 1.807) is 6.07 Å². The highest BCUT2D eigenvalue weighted by Gasteiger charge is 2.13. The number of fused-ring (bicyclic) bond motifs is 1. The summed E-state index contributed by atoms with van der Waals surface area (Å²) in [5.74, 6) is 0.705. The number of aryl methyl sites for hydroxylation is 1. The Balaban J connectivity index is 1.95. The third-order valence-electron chi connectivity index (χ3n) is 5.46. The molecule has 0 saturated heterocycles. The van der Waals surface area contributed by atoms with Crippen LogP contribution in [-0.4, -0.2) is 0 Å². The van der Waals surface area contributed by atoms with Crippen LogP contribution in [0, 0.1) is 41.5 Å². The Morgan fingerprint density at radius 1 is 0.840 bits per heavy atom. The molecule has 0 atom stereocenters. The van der Waals surface area contributed by atoms with E-state index in [0.717, 1.165) is 10.9 Å². The summed E-state index contributed by atoms with van der Waals surface area (Å²) in [6, 6.07) is 7.16. The molecule has 130 valence electrons. The first-order valence-corrected chi connectivity index (χ1v) is 8.52. The molecule has 3 aromatic rings. The van der Waals surface area contributed by atoms with Gasteiger partial charge in [0.25, 0.3) is 0 Å². The molecule has 0 saturated carbocycles. The van der Waals surface area contributed by atoms with Gasteiger partial charge >= 0.3 is 5.63 Å². The molecule has 0 fully saturated rings. The highest BCUT2D eigenvalue weighted by atomic mass is 16.5. The van der Waals surface area contributed by atoms with Gasteiger partial charge in [-0.25, -0.2) is 4.79 Å². The molecular weight excluding hydrogens is 312 g/mol. The summed E-state index contributed by atoms with van der Waals surface area (Å²) in [4.78, 5) is 11.6. The molecule has 3 heteroatoms. The van der Waals surface area contributed by atoms with Crippen molar-refractivity contribution in [3.63, 3.8) is 0 Å². The van der Waals surface area contributed by atoms with Gasteiger partial charge in [-0.3, -0.25) is 0 Å². The molecule has 25 heavy (non-hydrogen) atoms. The van der Waals surface area contributed by atoms with Gasteiger partial charge in [-0.1, -0.05) is 0 Å². The van der Waals surface area contributed by atoms with Gasteiger partial charge in [0.1, 0.15) is 17.9 Å². The van der Waals surface area contributed by atoms with E-state index < -0.39 is 0 Å². The highest BCUT2D eigenvalue weighted by Crippen LogP contribution is 2.28. The first-order chi connectivity index (χ1) is 11.8. The minimum Gasteiger partial charge on any atom is -0.489 e. The number of hydrogen-bond donors (Lipinski definition) is 0. The monoisotopic (exact) mass is 336 g/mol. The number of hydrogen-bond acceptors (Lipinski definition) is 3. The van der Waals surface area contributed by atoms with E-state index in [1.807, 2.05) is 19.1 Å². The lowest BCUT2D eigenvalue weighted by Gasteiger charge is -2.19. The average Bonchev–Trinajstić information content (AvgIpc) is 2.57. The fraction of sp³-hybridized carbons (Fsp3) is 0.318. The van der Waals surface area contributed by atoms with Gasteiger partial charge < -0.3 is 9.15 Å². The number of benzene rings is 2. The summed E-state index contributed by atoms with van der Waals surface area (Å²) in [7, 11) is 0. The van der Waals surface area contributed by atoms with E-state index >= 15 is 0 Å². The van der Waals surface area contributed by atoms with E-state index in [-0.39, 0.29) is 5.63 Å². The SMILES string of the molecule is Cc1c(C)c(C)c(COc2ccc3c(C)cc(=O)oc3c2)c(C)c1C. The molecule has 1 aromatic heterocycles. The lowest BCUT2D eigenvalue weighted by molar-refractivity contribution is 0.304. The van der Waals surface area contributed by atoms with E-state index in [2.05, 4.69) is 34.6 Å². The quantitative estimate of drug-likeness (QED) is 0.615. The first-order valence-electron chi connectivity index (χ1n) is 8.52. The second-order valence-corrected chi connectivity index (χ2v) is 6.80. The zero-order chi connectivity index (χ0) is 18.3. The normalized spacial score (nSPS) is 11.1. The van der Waals surface area contributed by atoms with Crippen LogP contribution in [0.5, 0.6) is 5.75 Å². The topological polar surface area (TPSA) is 39.4 Å². The summed E-state index contributed by atoms with van der Waals surface area (Å²) in [6.07, 6.45) is 0. The van der Waals surface area contributed by atoms with Crippen molar-refractivity contribution in [2.45, 2.75) is 48.1 Å². The third kappa shape index (κ3) is 3.07. The Hall–Kier alpha value is -2.55. The van der Waals surface area contributed by atoms with Crippen molar-refractivity contribution in [3.8, 4) is 5.75 Å². The third-order valence-corrected chi connectivity index (χ3v) is 5.46. The predicted octanol–water partition coefficient (Wildman–Crippen LogP) is 5.22. The molecule has 0 aliphatic carbocycles. The molecule has 0 bridgehead atoms. The molecule has 0 spiro atoms. The van der Waals surface area contributed by atoms with E-state index in [0.29, 0.717) is 17.9 Å². The smallest absolute Gasteiger partial charge is 0.336 e. The molecule has 0 aliphatic rings. The largest absolute Gasteiger partial charge is 0.489 e. The Bertz CT molecular complexity index is 997. The molecular formula is C22H24O3. The summed E-state index contributed by atoms with van der Waals surface area (Å²) in [5.41, 5.74) is 8.92. The average molecular weight is 336 g/mol. The molecule has 0 aliphatic heterocycles. The summed E-state index contributed by atoms with van der Waals surface area (Å²) >= 11 is 0. The van der Waals surface area contributed by atoms with Crippen molar-refractivity contribution in [1.29, 1.82) is 0 Å². The maximum Gasteiger partial charge on any atom is 0.336 e. The van der Waals surface area contributed by atoms with Gasteiger partial charge in [-0.05, 0) is 92.6 Å². The fourth-order valence-electron chi connectivity index (χ4n) is 3.34. The minimum absolute atomic E-state index is 0.335. The van der Waals surface area contributed by atoms with Crippen molar-refractivity contribution in [3.05, 3.63) is 73.6 Å². The fourth-order valence-corrected chi connectivity index (χ4v) is 3.34. The molecule has 0 amide bonds. The van der Waals surface area contributed by atoms with Gasteiger partial charge in [0.2, 0.25) is 0 Å². The molecule has 0 radical (unpaired) electrons. The van der Waals surface area contributed by atoms with Gasteiger partial charge in [0.15, 0.2) is 0 Å². The van der Waals surface area contributed by atoms with Crippen molar-refractivity contribution >= 4 is 11.0 Å². The lowest BCUT2D eigenvalue weighted by atomic mass is 9.90. The standard InChI is InChI=1S/C22H24O3/c1-12-9-22(23)25-21-10-18(7-8-19(12)21)24-11-20-16(5)14(3)13(2)15(4)17(20)6/h7-10H,11H2,1-6H3. The maximum atomic E-state index is 11.6. The lowest BCUT2D eigenvalue weighted by Crippen LogP contribution is -2.06. The predicted molar refractivity (Wildman–Crippen MR) is 102 cm³/mol. The van der Waals surface area contributed by atoms with E-state index in [1.165, 1.54) is 39.4 Å². The van der Waals surface area contributed by atoms with E-state index in [9.17, 15) is 4.79 Å². The first kappa shape index (κ1) is 17.3. The van der Waals surface area contributed by atoms with Crippen LogP contribution >= 0.6 is 0 Å². The van der Waals surface area contributed by atoms with Crippen LogP contribution in [0.15, 0.2) is 33.5 Å². The van der Waals surface area contributed by atoms with Crippen LogP contribution in [0.3, 0.4) is 0 Å². The molecule has 2 aromatic carbocycles. The second-order valence-electron chi connectivity index (χ2n) is 6.80. The van der Waals surface area contributed by atoms with Crippen molar-refractivity contribution < 1.29 is 9.15 Å². The zero-order valence-electron chi connectivity index (χ0n) is 15.7. The Morgan fingerprint density at radius 2 is 1.44 bits per heavy atom. The van der Waals surface area contributed by atoms with Crippen LogP contribution in [0.2, 0.25) is 0 Å². The Morgan fingerprint density at radius 3 is 2.08 bits per heavy atom.